The quantitative estimate of drug-likeness (QED) is 0.702. The fraction of sp³-hybridized carbons (Fsp3) is 0.118. The highest BCUT2D eigenvalue weighted by molar-refractivity contribution is 5.96. The predicted molar refractivity (Wildman–Crippen MR) is 84.6 cm³/mol. The summed E-state index contributed by atoms with van der Waals surface area (Å²) in [5.41, 5.74) is 10.1. The summed E-state index contributed by atoms with van der Waals surface area (Å²) in [6.07, 6.45) is 1.78. The Kier molecular flexibility index (Phi) is 3.25. The molecule has 0 aliphatic heterocycles. The number of fused-ring (bicyclic) bond motifs is 1. The molecule has 0 fully saturated rings. The number of aromatic nitrogens is 1. The highest BCUT2D eigenvalue weighted by atomic mass is 14.9. The van der Waals surface area contributed by atoms with Gasteiger partial charge < -0.3 is 11.1 Å². The number of nitrogens with one attached hydrogen (secondary N) is 1. The van der Waals surface area contributed by atoms with E-state index in [-0.39, 0.29) is 6.04 Å². The van der Waals surface area contributed by atoms with Crippen LogP contribution >= 0.6 is 0 Å². The zero-order valence-electron chi connectivity index (χ0n) is 11.4. The molecule has 3 heteroatoms. The molecule has 3 nitrogen and oxygen atoms in total. The van der Waals surface area contributed by atoms with E-state index in [1.807, 2.05) is 42.5 Å². The molecule has 1 heterocycles. The number of hydrogen-bond donors (Lipinski definition) is 2. The SMILES string of the molecule is CC(Nc1ccc2ncccc2c1N)c1ccccc1. The first-order valence-corrected chi connectivity index (χ1v) is 6.70. The number of hydrogen-bond acceptors (Lipinski definition) is 3. The Bertz CT molecular complexity index is 723. The number of nitrogens with two attached hydrogens (primary N) is 1. The molecule has 1 atom stereocenters. The van der Waals surface area contributed by atoms with Crippen molar-refractivity contribution in [3.05, 3.63) is 66.4 Å². The van der Waals surface area contributed by atoms with Crippen LogP contribution in [0.1, 0.15) is 18.5 Å². The molecular weight excluding hydrogens is 246 g/mol. The number of rotatable bonds is 3. The van der Waals surface area contributed by atoms with Crippen LogP contribution in [-0.2, 0) is 0 Å². The highest BCUT2D eigenvalue weighted by Gasteiger charge is 2.09. The van der Waals surface area contributed by atoms with Crippen LogP contribution in [0.5, 0.6) is 0 Å². The summed E-state index contributed by atoms with van der Waals surface area (Å²) in [7, 11) is 0. The van der Waals surface area contributed by atoms with Crippen molar-refractivity contribution in [3.63, 3.8) is 0 Å². The fourth-order valence-corrected chi connectivity index (χ4v) is 2.36. The monoisotopic (exact) mass is 263 g/mol. The molecule has 0 aliphatic rings. The molecule has 0 bridgehead atoms. The van der Waals surface area contributed by atoms with E-state index in [0.717, 1.165) is 22.3 Å². The zero-order valence-corrected chi connectivity index (χ0v) is 11.4. The Labute approximate surface area is 118 Å². The third-order valence-electron chi connectivity index (χ3n) is 3.50. The Morgan fingerprint density at radius 2 is 1.80 bits per heavy atom. The summed E-state index contributed by atoms with van der Waals surface area (Å²) >= 11 is 0. The minimum Gasteiger partial charge on any atom is -0.397 e. The van der Waals surface area contributed by atoms with E-state index in [1.54, 1.807) is 6.20 Å². The van der Waals surface area contributed by atoms with Crippen molar-refractivity contribution < 1.29 is 0 Å². The average molecular weight is 263 g/mol. The van der Waals surface area contributed by atoms with E-state index in [0.29, 0.717) is 0 Å². The summed E-state index contributed by atoms with van der Waals surface area (Å²) in [4.78, 5) is 4.31. The summed E-state index contributed by atoms with van der Waals surface area (Å²) in [6, 6.07) is 18.4. The number of anilines is 2. The Morgan fingerprint density at radius 1 is 1.00 bits per heavy atom. The van der Waals surface area contributed by atoms with Gasteiger partial charge in [0.2, 0.25) is 0 Å². The summed E-state index contributed by atoms with van der Waals surface area (Å²) in [5.74, 6) is 0. The standard InChI is InChI=1S/C17H17N3/c1-12(13-6-3-2-4-7-13)20-16-10-9-15-14(17(16)18)8-5-11-19-15/h2-12,20H,18H2,1H3. The van der Waals surface area contributed by atoms with Gasteiger partial charge in [0.05, 0.1) is 16.9 Å². The van der Waals surface area contributed by atoms with Crippen LogP contribution in [0, 0.1) is 0 Å². The van der Waals surface area contributed by atoms with Crippen molar-refractivity contribution >= 4 is 22.3 Å². The first-order valence-electron chi connectivity index (χ1n) is 6.70. The molecule has 20 heavy (non-hydrogen) atoms. The number of nitrogen functional groups attached to an aromatic ring is 1. The molecule has 0 aliphatic carbocycles. The largest absolute Gasteiger partial charge is 0.397 e. The van der Waals surface area contributed by atoms with Gasteiger partial charge in [0.1, 0.15) is 0 Å². The molecule has 0 spiro atoms. The molecule has 0 amide bonds. The maximum absolute atomic E-state index is 6.24. The lowest BCUT2D eigenvalue weighted by Crippen LogP contribution is -2.08. The summed E-state index contributed by atoms with van der Waals surface area (Å²) in [5, 5.41) is 4.45. The van der Waals surface area contributed by atoms with Crippen LogP contribution in [0.4, 0.5) is 11.4 Å². The van der Waals surface area contributed by atoms with Gasteiger partial charge in [0.25, 0.3) is 0 Å². The van der Waals surface area contributed by atoms with Crippen LogP contribution in [-0.4, -0.2) is 4.98 Å². The second-order valence-corrected chi connectivity index (χ2v) is 4.87. The minimum atomic E-state index is 0.202. The second-order valence-electron chi connectivity index (χ2n) is 4.87. The van der Waals surface area contributed by atoms with Crippen molar-refractivity contribution in [1.82, 2.24) is 4.98 Å². The van der Waals surface area contributed by atoms with E-state index in [9.17, 15) is 0 Å². The number of nitrogens with zero attached hydrogens (tertiary/aromatic N) is 1. The Balaban J connectivity index is 1.93. The third-order valence-corrected chi connectivity index (χ3v) is 3.50. The first-order chi connectivity index (χ1) is 9.75. The molecule has 3 N–H and O–H groups in total. The lowest BCUT2D eigenvalue weighted by Gasteiger charge is -2.18. The molecule has 2 aromatic carbocycles. The van der Waals surface area contributed by atoms with E-state index in [1.165, 1.54) is 5.56 Å². The molecule has 3 rings (SSSR count). The van der Waals surface area contributed by atoms with Crippen molar-refractivity contribution in [1.29, 1.82) is 0 Å². The zero-order chi connectivity index (χ0) is 13.9. The van der Waals surface area contributed by atoms with Gasteiger partial charge in [-0.15, -0.1) is 0 Å². The first kappa shape index (κ1) is 12.5. The predicted octanol–water partition coefficient (Wildman–Crippen LogP) is 3.99. The lowest BCUT2D eigenvalue weighted by molar-refractivity contribution is 0.886. The highest BCUT2D eigenvalue weighted by Crippen LogP contribution is 2.30. The molecular formula is C17H17N3. The average Bonchev–Trinajstić information content (AvgIpc) is 2.51. The van der Waals surface area contributed by atoms with Gasteiger partial charge in [-0.1, -0.05) is 30.3 Å². The van der Waals surface area contributed by atoms with E-state index >= 15 is 0 Å². The third kappa shape index (κ3) is 2.30. The summed E-state index contributed by atoms with van der Waals surface area (Å²) in [6.45, 7) is 2.13. The number of pyridine rings is 1. The molecule has 0 radical (unpaired) electrons. The van der Waals surface area contributed by atoms with Gasteiger partial charge in [-0.25, -0.2) is 0 Å². The van der Waals surface area contributed by atoms with Gasteiger partial charge in [-0.2, -0.15) is 0 Å². The van der Waals surface area contributed by atoms with Gasteiger partial charge in [-0.3, -0.25) is 4.98 Å². The smallest absolute Gasteiger partial charge is 0.0724 e. The van der Waals surface area contributed by atoms with Crippen molar-refractivity contribution in [2.45, 2.75) is 13.0 Å². The lowest BCUT2D eigenvalue weighted by atomic mass is 10.1. The molecule has 1 unspecified atom stereocenters. The summed E-state index contributed by atoms with van der Waals surface area (Å²) < 4.78 is 0. The Morgan fingerprint density at radius 3 is 2.60 bits per heavy atom. The second kappa shape index (κ2) is 5.21. The maximum atomic E-state index is 6.24. The Hall–Kier alpha value is -2.55. The van der Waals surface area contributed by atoms with E-state index in [4.69, 9.17) is 5.73 Å². The minimum absolute atomic E-state index is 0.202. The molecule has 1 aromatic heterocycles. The van der Waals surface area contributed by atoms with Crippen LogP contribution in [0.15, 0.2) is 60.8 Å². The van der Waals surface area contributed by atoms with Crippen LogP contribution in [0.2, 0.25) is 0 Å². The number of benzene rings is 2. The van der Waals surface area contributed by atoms with Gasteiger partial charge >= 0.3 is 0 Å². The van der Waals surface area contributed by atoms with Crippen LogP contribution in [0.3, 0.4) is 0 Å². The van der Waals surface area contributed by atoms with E-state index in [2.05, 4.69) is 29.4 Å². The van der Waals surface area contributed by atoms with Crippen molar-refractivity contribution in [3.8, 4) is 0 Å². The molecule has 0 saturated carbocycles. The van der Waals surface area contributed by atoms with Crippen LogP contribution in [0.25, 0.3) is 10.9 Å². The fourth-order valence-electron chi connectivity index (χ4n) is 2.36. The normalized spacial score (nSPS) is 12.2. The van der Waals surface area contributed by atoms with Gasteiger partial charge in [-0.05, 0) is 36.8 Å². The van der Waals surface area contributed by atoms with Crippen molar-refractivity contribution in [2.75, 3.05) is 11.1 Å². The topological polar surface area (TPSA) is 50.9 Å². The van der Waals surface area contributed by atoms with Gasteiger partial charge in [0.15, 0.2) is 0 Å². The van der Waals surface area contributed by atoms with E-state index < -0.39 is 0 Å². The maximum Gasteiger partial charge on any atom is 0.0724 e. The van der Waals surface area contributed by atoms with Crippen LogP contribution < -0.4 is 11.1 Å². The van der Waals surface area contributed by atoms with Gasteiger partial charge in [0, 0.05) is 17.6 Å². The molecule has 100 valence electrons. The van der Waals surface area contributed by atoms with Crippen molar-refractivity contribution in [2.24, 2.45) is 0 Å². The molecule has 3 aromatic rings. The molecule has 0 saturated heterocycles.